The SMILES string of the molecule is Cc1ccccc1N1C(=O)C2ON(c3ccccc3)C(c3cc(C(C)(C)C)c(O)c(C(C)(C)C)c3)C2C1=O. The summed E-state index contributed by atoms with van der Waals surface area (Å²) >= 11 is 0. The summed E-state index contributed by atoms with van der Waals surface area (Å²) in [4.78, 5) is 35.5. The Balaban J connectivity index is 1.71. The Morgan fingerprint density at radius 3 is 1.89 bits per heavy atom. The van der Waals surface area contributed by atoms with Crippen molar-refractivity contribution in [2.45, 2.75) is 71.4 Å². The standard InChI is InChI=1S/C32H36N2O4/c1-19-13-11-12-16-24(19)33-29(36)25-26(34(38-28(25)30(33)37)21-14-9-8-10-15-21)20-17-22(31(2,3)4)27(35)23(18-20)32(5,6)7/h8-18,25-26,28,35H,1-7H3. The molecule has 5 rings (SSSR count). The van der Waals surface area contributed by atoms with Gasteiger partial charge in [0.05, 0.1) is 17.4 Å². The molecule has 0 spiro atoms. The number of phenolic OH excluding ortho intramolecular Hbond substituents is 1. The third kappa shape index (κ3) is 4.17. The number of para-hydroxylation sites is 2. The van der Waals surface area contributed by atoms with Crippen LogP contribution in [-0.2, 0) is 25.3 Å². The number of hydrogen-bond acceptors (Lipinski definition) is 5. The van der Waals surface area contributed by atoms with Gasteiger partial charge in [0.15, 0.2) is 6.10 Å². The van der Waals surface area contributed by atoms with Crippen LogP contribution >= 0.6 is 0 Å². The first kappa shape index (κ1) is 26.0. The van der Waals surface area contributed by atoms with Crippen molar-refractivity contribution in [1.82, 2.24) is 0 Å². The molecule has 6 heteroatoms. The number of hydroxylamine groups is 1. The van der Waals surface area contributed by atoms with Crippen molar-refractivity contribution < 1.29 is 19.5 Å². The topological polar surface area (TPSA) is 70.1 Å². The number of rotatable bonds is 3. The molecular formula is C32H36N2O4. The van der Waals surface area contributed by atoms with Gasteiger partial charge in [0.2, 0.25) is 5.91 Å². The number of phenols is 1. The Morgan fingerprint density at radius 1 is 0.789 bits per heavy atom. The molecule has 3 aromatic carbocycles. The van der Waals surface area contributed by atoms with Crippen molar-refractivity contribution >= 4 is 23.2 Å². The molecule has 2 fully saturated rings. The first-order valence-corrected chi connectivity index (χ1v) is 13.1. The Bertz CT molecular complexity index is 1370. The average molecular weight is 513 g/mol. The van der Waals surface area contributed by atoms with Gasteiger partial charge in [0, 0.05) is 0 Å². The monoisotopic (exact) mass is 512 g/mol. The van der Waals surface area contributed by atoms with Crippen molar-refractivity contribution in [2.75, 3.05) is 9.96 Å². The molecule has 198 valence electrons. The molecule has 0 aromatic heterocycles. The summed E-state index contributed by atoms with van der Waals surface area (Å²) in [7, 11) is 0. The van der Waals surface area contributed by atoms with Crippen LogP contribution in [0.4, 0.5) is 11.4 Å². The number of carbonyl (C=O) groups excluding carboxylic acids is 2. The number of benzene rings is 3. The minimum Gasteiger partial charge on any atom is -0.507 e. The van der Waals surface area contributed by atoms with Crippen LogP contribution in [0, 0.1) is 12.8 Å². The summed E-state index contributed by atoms with van der Waals surface area (Å²) in [6, 6.07) is 20.4. The van der Waals surface area contributed by atoms with E-state index in [9.17, 15) is 14.7 Å². The maximum absolute atomic E-state index is 14.1. The Kier molecular flexibility index (Phi) is 6.14. The zero-order valence-corrected chi connectivity index (χ0v) is 23.1. The Labute approximate surface area is 224 Å². The molecule has 6 nitrogen and oxygen atoms in total. The van der Waals surface area contributed by atoms with Crippen molar-refractivity contribution in [1.29, 1.82) is 0 Å². The molecule has 0 saturated carbocycles. The van der Waals surface area contributed by atoms with Gasteiger partial charge in [0.25, 0.3) is 5.91 Å². The highest BCUT2D eigenvalue weighted by atomic mass is 16.7. The molecule has 2 heterocycles. The molecule has 0 radical (unpaired) electrons. The molecule has 38 heavy (non-hydrogen) atoms. The van der Waals surface area contributed by atoms with Crippen molar-refractivity contribution in [3.63, 3.8) is 0 Å². The fourth-order valence-electron chi connectivity index (χ4n) is 5.57. The lowest BCUT2D eigenvalue weighted by atomic mass is 9.76. The summed E-state index contributed by atoms with van der Waals surface area (Å²) in [5.41, 5.74) is 3.92. The van der Waals surface area contributed by atoms with Gasteiger partial charge in [0.1, 0.15) is 11.7 Å². The van der Waals surface area contributed by atoms with Crippen molar-refractivity contribution in [3.05, 3.63) is 89.0 Å². The molecule has 0 bridgehead atoms. The number of fused-ring (bicyclic) bond motifs is 1. The number of hydrogen-bond donors (Lipinski definition) is 1. The van der Waals surface area contributed by atoms with E-state index in [1.54, 1.807) is 11.1 Å². The second kappa shape index (κ2) is 8.98. The van der Waals surface area contributed by atoms with Crippen LogP contribution < -0.4 is 9.96 Å². The van der Waals surface area contributed by atoms with Crippen molar-refractivity contribution in [3.8, 4) is 5.75 Å². The van der Waals surface area contributed by atoms with E-state index >= 15 is 0 Å². The third-order valence-corrected chi connectivity index (χ3v) is 7.57. The molecule has 2 saturated heterocycles. The summed E-state index contributed by atoms with van der Waals surface area (Å²) in [5.74, 6) is -1.11. The lowest BCUT2D eigenvalue weighted by molar-refractivity contribution is -0.126. The predicted molar refractivity (Wildman–Crippen MR) is 149 cm³/mol. The van der Waals surface area contributed by atoms with Gasteiger partial charge in [-0.05, 0) is 70.3 Å². The number of nitrogens with zero attached hydrogens (tertiary/aromatic N) is 2. The first-order chi connectivity index (χ1) is 17.8. The number of amides is 2. The van der Waals surface area contributed by atoms with Gasteiger partial charge < -0.3 is 5.11 Å². The number of imide groups is 1. The number of anilines is 2. The molecule has 3 unspecified atom stereocenters. The van der Waals surface area contributed by atoms with Gasteiger partial charge in [-0.25, -0.2) is 9.96 Å². The quantitative estimate of drug-likeness (QED) is 0.414. The lowest BCUT2D eigenvalue weighted by Gasteiger charge is -2.33. The minimum absolute atomic E-state index is 0.269. The first-order valence-electron chi connectivity index (χ1n) is 13.1. The molecule has 0 aliphatic carbocycles. The molecular weight excluding hydrogens is 476 g/mol. The summed E-state index contributed by atoms with van der Waals surface area (Å²) < 4.78 is 0. The average Bonchev–Trinajstić information content (AvgIpc) is 3.35. The van der Waals surface area contributed by atoms with E-state index in [1.165, 1.54) is 4.90 Å². The van der Waals surface area contributed by atoms with E-state index in [1.807, 2.05) is 67.6 Å². The normalized spacial score (nSPS) is 21.8. The highest BCUT2D eigenvalue weighted by Crippen LogP contribution is 2.50. The van der Waals surface area contributed by atoms with Gasteiger partial charge in [-0.2, -0.15) is 0 Å². The van der Waals surface area contributed by atoms with Gasteiger partial charge >= 0.3 is 0 Å². The summed E-state index contributed by atoms with van der Waals surface area (Å²) in [6.07, 6.45) is -0.947. The van der Waals surface area contributed by atoms with Crippen LogP contribution in [0.5, 0.6) is 5.75 Å². The van der Waals surface area contributed by atoms with Crippen molar-refractivity contribution in [2.24, 2.45) is 5.92 Å². The molecule has 2 aliphatic rings. The van der Waals surface area contributed by atoms with Gasteiger partial charge in [-0.15, -0.1) is 0 Å². The maximum Gasteiger partial charge on any atom is 0.266 e. The van der Waals surface area contributed by atoms with E-state index in [4.69, 9.17) is 4.84 Å². The van der Waals surface area contributed by atoms with Crippen LogP contribution in [0.2, 0.25) is 0 Å². The fraction of sp³-hybridized carbons (Fsp3) is 0.375. The summed E-state index contributed by atoms with van der Waals surface area (Å²) in [5, 5.41) is 13.1. The van der Waals surface area contributed by atoms with E-state index < -0.39 is 18.1 Å². The summed E-state index contributed by atoms with van der Waals surface area (Å²) in [6.45, 7) is 14.3. The molecule has 2 amide bonds. The molecule has 3 atom stereocenters. The number of aryl methyl sites for hydroxylation is 1. The van der Waals surface area contributed by atoms with Gasteiger partial charge in [-0.1, -0.05) is 77.9 Å². The van der Waals surface area contributed by atoms with Gasteiger partial charge in [-0.3, -0.25) is 14.4 Å². The Morgan fingerprint density at radius 2 is 1.34 bits per heavy atom. The second-order valence-corrected chi connectivity index (χ2v) is 12.4. The third-order valence-electron chi connectivity index (χ3n) is 7.57. The lowest BCUT2D eigenvalue weighted by Crippen LogP contribution is -2.38. The Hall–Kier alpha value is -3.64. The maximum atomic E-state index is 14.1. The highest BCUT2D eigenvalue weighted by Gasteiger charge is 2.60. The van der Waals surface area contributed by atoms with E-state index in [0.29, 0.717) is 5.69 Å². The highest BCUT2D eigenvalue weighted by molar-refractivity contribution is 6.24. The van der Waals surface area contributed by atoms with E-state index in [0.717, 1.165) is 27.9 Å². The van der Waals surface area contributed by atoms with Crippen LogP contribution in [0.15, 0.2) is 66.7 Å². The zero-order valence-electron chi connectivity index (χ0n) is 23.1. The fourth-order valence-corrected chi connectivity index (χ4v) is 5.57. The minimum atomic E-state index is -0.947. The van der Waals surface area contributed by atoms with Crippen LogP contribution in [-0.4, -0.2) is 23.0 Å². The smallest absolute Gasteiger partial charge is 0.266 e. The molecule has 3 aromatic rings. The van der Waals surface area contributed by atoms with E-state index in [2.05, 4.69) is 41.5 Å². The second-order valence-electron chi connectivity index (χ2n) is 12.4. The molecule has 2 aliphatic heterocycles. The number of aromatic hydroxyl groups is 1. The largest absolute Gasteiger partial charge is 0.507 e. The van der Waals surface area contributed by atoms with Crippen LogP contribution in [0.1, 0.15) is 69.8 Å². The van der Waals surface area contributed by atoms with E-state index in [-0.39, 0.29) is 28.4 Å². The predicted octanol–water partition coefficient (Wildman–Crippen LogP) is 6.35. The zero-order chi connectivity index (χ0) is 27.6. The number of carbonyl (C=O) groups is 2. The molecule has 1 N–H and O–H groups in total. The van der Waals surface area contributed by atoms with Crippen LogP contribution in [0.3, 0.4) is 0 Å². The van der Waals surface area contributed by atoms with Crippen LogP contribution in [0.25, 0.3) is 0 Å².